The van der Waals surface area contributed by atoms with Crippen molar-refractivity contribution in [2.45, 2.75) is 31.4 Å². The molecule has 162 valence electrons. The first-order valence-corrected chi connectivity index (χ1v) is 11.2. The van der Waals surface area contributed by atoms with Crippen molar-refractivity contribution in [2.75, 3.05) is 5.32 Å². The molecule has 0 radical (unpaired) electrons. The summed E-state index contributed by atoms with van der Waals surface area (Å²) in [6, 6.07) is 10.6. The van der Waals surface area contributed by atoms with Gasteiger partial charge in [-0.2, -0.15) is 0 Å². The van der Waals surface area contributed by atoms with Gasteiger partial charge in [-0.25, -0.2) is 18.1 Å². The molecule has 1 aromatic carbocycles. The van der Waals surface area contributed by atoms with E-state index in [1.54, 1.807) is 38.4 Å². The fourth-order valence-electron chi connectivity index (χ4n) is 2.64. The second-order valence-corrected chi connectivity index (χ2v) is 8.99. The standard InChI is InChI=1S/C21H21ClN4O4S/c1-14(2)26-31(28,29)16-5-6-18(22)17(12-16)21(27)25-20-19(4-3-9-24-20)30-13-15-7-10-23-11-8-15/h3-12,14,26H,13H2,1-2H3,(H,24,25,27). The molecule has 2 aromatic heterocycles. The molecule has 0 aliphatic rings. The number of benzene rings is 1. The predicted molar refractivity (Wildman–Crippen MR) is 118 cm³/mol. The van der Waals surface area contributed by atoms with Crippen LogP contribution >= 0.6 is 11.6 Å². The van der Waals surface area contributed by atoms with Crippen LogP contribution in [0.1, 0.15) is 29.8 Å². The van der Waals surface area contributed by atoms with E-state index in [1.807, 2.05) is 12.1 Å². The largest absolute Gasteiger partial charge is 0.485 e. The van der Waals surface area contributed by atoms with E-state index in [0.717, 1.165) is 5.56 Å². The number of hydrogen-bond donors (Lipinski definition) is 2. The van der Waals surface area contributed by atoms with Crippen molar-refractivity contribution in [3.63, 3.8) is 0 Å². The Labute approximate surface area is 185 Å². The summed E-state index contributed by atoms with van der Waals surface area (Å²) in [6.07, 6.45) is 4.81. The number of hydrogen-bond acceptors (Lipinski definition) is 6. The molecule has 2 N–H and O–H groups in total. The van der Waals surface area contributed by atoms with Crippen molar-refractivity contribution < 1.29 is 17.9 Å². The molecule has 1 amide bonds. The number of carbonyl (C=O) groups excluding carboxylic acids is 1. The number of aromatic nitrogens is 2. The quantitative estimate of drug-likeness (QED) is 0.531. The van der Waals surface area contributed by atoms with Crippen LogP contribution in [0, 0.1) is 0 Å². The zero-order chi connectivity index (χ0) is 22.4. The summed E-state index contributed by atoms with van der Waals surface area (Å²) in [7, 11) is -3.79. The first-order chi connectivity index (χ1) is 14.8. The van der Waals surface area contributed by atoms with Crippen molar-refractivity contribution in [3.8, 4) is 5.75 Å². The van der Waals surface area contributed by atoms with Crippen LogP contribution in [-0.2, 0) is 16.6 Å². The van der Waals surface area contributed by atoms with Gasteiger partial charge in [-0.3, -0.25) is 9.78 Å². The average molecular weight is 461 g/mol. The maximum atomic E-state index is 12.8. The Balaban J connectivity index is 1.81. The van der Waals surface area contributed by atoms with E-state index in [9.17, 15) is 13.2 Å². The van der Waals surface area contributed by atoms with E-state index in [0.29, 0.717) is 5.75 Å². The number of halogens is 1. The minimum absolute atomic E-state index is 0.000894. The van der Waals surface area contributed by atoms with Gasteiger partial charge < -0.3 is 10.1 Å². The summed E-state index contributed by atoms with van der Waals surface area (Å²) in [5.41, 5.74) is 0.897. The molecule has 3 aromatic rings. The van der Waals surface area contributed by atoms with Crippen molar-refractivity contribution in [2.24, 2.45) is 0 Å². The summed E-state index contributed by atoms with van der Waals surface area (Å²) < 4.78 is 33.1. The smallest absolute Gasteiger partial charge is 0.258 e. The number of nitrogens with one attached hydrogen (secondary N) is 2. The number of rotatable bonds is 8. The highest BCUT2D eigenvalue weighted by molar-refractivity contribution is 7.89. The van der Waals surface area contributed by atoms with Gasteiger partial charge in [-0.1, -0.05) is 11.6 Å². The van der Waals surface area contributed by atoms with E-state index in [2.05, 4.69) is 20.0 Å². The third-order valence-corrected chi connectivity index (χ3v) is 6.02. The molecular weight excluding hydrogens is 440 g/mol. The van der Waals surface area contributed by atoms with Gasteiger partial charge in [0.1, 0.15) is 6.61 Å². The highest BCUT2D eigenvalue weighted by Crippen LogP contribution is 2.25. The Morgan fingerprint density at radius 1 is 1.13 bits per heavy atom. The molecule has 0 aliphatic heterocycles. The van der Waals surface area contributed by atoms with E-state index in [4.69, 9.17) is 16.3 Å². The minimum Gasteiger partial charge on any atom is -0.485 e. The van der Waals surface area contributed by atoms with E-state index in [-0.39, 0.29) is 33.9 Å². The molecule has 0 unspecified atom stereocenters. The molecule has 0 bridgehead atoms. The van der Waals surface area contributed by atoms with Crippen LogP contribution in [0.25, 0.3) is 0 Å². The van der Waals surface area contributed by atoms with Gasteiger partial charge >= 0.3 is 0 Å². The predicted octanol–water partition coefficient (Wildman–Crippen LogP) is 3.65. The number of carbonyl (C=O) groups is 1. The lowest BCUT2D eigenvalue weighted by molar-refractivity contribution is 0.102. The fraction of sp³-hybridized carbons (Fsp3) is 0.190. The number of nitrogens with zero attached hydrogens (tertiary/aromatic N) is 2. The Morgan fingerprint density at radius 2 is 1.87 bits per heavy atom. The molecule has 0 spiro atoms. The molecule has 2 heterocycles. The minimum atomic E-state index is -3.79. The highest BCUT2D eigenvalue weighted by atomic mass is 35.5. The summed E-state index contributed by atoms with van der Waals surface area (Å²) in [6.45, 7) is 3.66. The van der Waals surface area contributed by atoms with Crippen molar-refractivity contribution in [1.82, 2.24) is 14.7 Å². The van der Waals surface area contributed by atoms with Crippen molar-refractivity contribution in [1.29, 1.82) is 0 Å². The lowest BCUT2D eigenvalue weighted by Crippen LogP contribution is -2.30. The Morgan fingerprint density at radius 3 is 2.58 bits per heavy atom. The molecule has 10 heteroatoms. The van der Waals surface area contributed by atoms with Crippen LogP contribution < -0.4 is 14.8 Å². The van der Waals surface area contributed by atoms with Crippen LogP contribution in [0.5, 0.6) is 5.75 Å². The maximum absolute atomic E-state index is 12.8. The van der Waals surface area contributed by atoms with Gasteiger partial charge in [-0.15, -0.1) is 0 Å². The highest BCUT2D eigenvalue weighted by Gasteiger charge is 2.20. The Kier molecular flexibility index (Phi) is 7.21. The average Bonchev–Trinajstić information content (AvgIpc) is 2.73. The number of amides is 1. The van der Waals surface area contributed by atoms with E-state index >= 15 is 0 Å². The van der Waals surface area contributed by atoms with Crippen molar-refractivity contribution in [3.05, 3.63) is 77.2 Å². The molecular formula is C21H21ClN4O4S. The van der Waals surface area contributed by atoms with Gasteiger partial charge in [0.2, 0.25) is 10.0 Å². The van der Waals surface area contributed by atoms with Crippen molar-refractivity contribution >= 4 is 33.3 Å². The molecule has 0 atom stereocenters. The van der Waals surface area contributed by atoms with Gasteiger partial charge in [0.05, 0.1) is 15.5 Å². The lowest BCUT2D eigenvalue weighted by Gasteiger charge is -2.13. The van der Waals surface area contributed by atoms with Crippen LogP contribution in [0.3, 0.4) is 0 Å². The van der Waals surface area contributed by atoms with Crippen LogP contribution in [-0.4, -0.2) is 30.3 Å². The Bertz CT molecular complexity index is 1170. The lowest BCUT2D eigenvalue weighted by atomic mass is 10.2. The van der Waals surface area contributed by atoms with Gasteiger partial charge in [0.25, 0.3) is 5.91 Å². The second kappa shape index (κ2) is 9.86. The van der Waals surface area contributed by atoms with E-state index < -0.39 is 15.9 Å². The second-order valence-electron chi connectivity index (χ2n) is 6.87. The molecule has 31 heavy (non-hydrogen) atoms. The summed E-state index contributed by atoms with van der Waals surface area (Å²) in [5.74, 6) is -0.0701. The first kappa shape index (κ1) is 22.7. The zero-order valence-electron chi connectivity index (χ0n) is 16.9. The number of sulfonamides is 1. The normalized spacial score (nSPS) is 11.4. The van der Waals surface area contributed by atoms with Gasteiger partial charge in [0, 0.05) is 24.6 Å². The molecule has 0 saturated carbocycles. The number of anilines is 1. The topological polar surface area (TPSA) is 110 Å². The number of ether oxygens (including phenoxy) is 1. The van der Waals surface area contributed by atoms with Gasteiger partial charge in [0.15, 0.2) is 11.6 Å². The maximum Gasteiger partial charge on any atom is 0.258 e. The molecule has 8 nitrogen and oxygen atoms in total. The van der Waals surface area contributed by atoms with Crippen LogP contribution in [0.15, 0.2) is 66.0 Å². The Hall–Kier alpha value is -3.01. The summed E-state index contributed by atoms with van der Waals surface area (Å²) in [4.78, 5) is 20.9. The molecule has 0 aliphatic carbocycles. The molecule has 0 saturated heterocycles. The third-order valence-electron chi connectivity index (χ3n) is 4.03. The number of pyridine rings is 2. The monoisotopic (exact) mass is 460 g/mol. The van der Waals surface area contributed by atoms with Gasteiger partial charge in [-0.05, 0) is 61.9 Å². The third kappa shape index (κ3) is 6.00. The summed E-state index contributed by atoms with van der Waals surface area (Å²) in [5, 5.41) is 2.74. The fourth-order valence-corrected chi connectivity index (χ4v) is 4.12. The first-order valence-electron chi connectivity index (χ1n) is 9.36. The SMILES string of the molecule is CC(C)NS(=O)(=O)c1ccc(Cl)c(C(=O)Nc2ncccc2OCc2ccncc2)c1. The van der Waals surface area contributed by atoms with E-state index in [1.165, 1.54) is 24.4 Å². The molecule has 3 rings (SSSR count). The molecule has 0 fully saturated rings. The zero-order valence-corrected chi connectivity index (χ0v) is 18.4. The van der Waals surface area contributed by atoms with Crippen LogP contribution in [0.2, 0.25) is 5.02 Å². The summed E-state index contributed by atoms with van der Waals surface area (Å²) >= 11 is 6.16. The van der Waals surface area contributed by atoms with Crippen LogP contribution in [0.4, 0.5) is 5.82 Å².